The van der Waals surface area contributed by atoms with Crippen molar-refractivity contribution in [2.75, 3.05) is 26.3 Å². The van der Waals surface area contributed by atoms with Gasteiger partial charge in [0.1, 0.15) is 5.69 Å². The number of nitrogens with two attached hydrogens (primary N) is 1. The van der Waals surface area contributed by atoms with Crippen molar-refractivity contribution in [3.05, 3.63) is 60.4 Å². The second-order valence-electron chi connectivity index (χ2n) is 5.06. The molecule has 2 heterocycles. The zero-order chi connectivity index (χ0) is 15.9. The van der Waals surface area contributed by atoms with Crippen molar-refractivity contribution in [2.45, 2.75) is 0 Å². The number of hydrogen-bond donors (Lipinski definition) is 1. The molecular formula is C17H20ClN5O. The fourth-order valence-corrected chi connectivity index (χ4v) is 2.23. The molecule has 1 aliphatic heterocycles. The Morgan fingerprint density at radius 1 is 1.04 bits per heavy atom. The molecule has 0 aliphatic carbocycles. The Hall–Kier alpha value is -2.44. The van der Waals surface area contributed by atoms with E-state index in [-0.39, 0.29) is 12.4 Å². The summed E-state index contributed by atoms with van der Waals surface area (Å²) >= 11 is 0. The zero-order valence-corrected chi connectivity index (χ0v) is 14.0. The number of pyridine rings is 1. The van der Waals surface area contributed by atoms with Gasteiger partial charge in [0.05, 0.1) is 18.9 Å². The van der Waals surface area contributed by atoms with Crippen LogP contribution in [-0.4, -0.2) is 48.0 Å². The van der Waals surface area contributed by atoms with Gasteiger partial charge < -0.3 is 15.4 Å². The number of morpholine rings is 1. The average Bonchev–Trinajstić information content (AvgIpc) is 2.63. The number of hydrogen-bond acceptors (Lipinski definition) is 3. The summed E-state index contributed by atoms with van der Waals surface area (Å²) < 4.78 is 5.40. The van der Waals surface area contributed by atoms with Crippen LogP contribution in [0.1, 0.15) is 5.69 Å². The second-order valence-corrected chi connectivity index (χ2v) is 5.06. The normalized spacial score (nSPS) is 15.8. The number of para-hydroxylation sites is 1. The van der Waals surface area contributed by atoms with Crippen LogP contribution in [0.3, 0.4) is 0 Å². The van der Waals surface area contributed by atoms with E-state index in [0.29, 0.717) is 30.7 Å². The number of nitrogens with zero attached hydrogens (tertiary/aromatic N) is 4. The molecule has 24 heavy (non-hydrogen) atoms. The number of rotatable bonds is 2. The molecule has 1 aromatic heterocycles. The van der Waals surface area contributed by atoms with E-state index in [4.69, 9.17) is 10.5 Å². The summed E-state index contributed by atoms with van der Waals surface area (Å²) in [7, 11) is 0. The quantitative estimate of drug-likeness (QED) is 0.669. The first-order chi connectivity index (χ1) is 11.3. The van der Waals surface area contributed by atoms with E-state index in [1.54, 1.807) is 6.20 Å². The van der Waals surface area contributed by atoms with Gasteiger partial charge >= 0.3 is 0 Å². The van der Waals surface area contributed by atoms with Gasteiger partial charge in [0.25, 0.3) is 0 Å². The molecule has 2 N–H and O–H groups in total. The van der Waals surface area contributed by atoms with Gasteiger partial charge in [0, 0.05) is 19.3 Å². The summed E-state index contributed by atoms with van der Waals surface area (Å²) in [6.07, 6.45) is 1.69. The monoisotopic (exact) mass is 345 g/mol. The van der Waals surface area contributed by atoms with Crippen LogP contribution in [0.5, 0.6) is 0 Å². The SMILES string of the molecule is Cl.N/C(=N/C(=Nc1ccccc1)N1CCOCC1)c1ccccn1. The van der Waals surface area contributed by atoms with Crippen LogP contribution in [0, 0.1) is 0 Å². The molecule has 1 aliphatic rings. The number of amidine groups is 1. The van der Waals surface area contributed by atoms with Crippen LogP contribution in [0.4, 0.5) is 5.69 Å². The lowest BCUT2D eigenvalue weighted by molar-refractivity contribution is 0.0676. The molecule has 2 aromatic rings. The van der Waals surface area contributed by atoms with Gasteiger partial charge in [0.2, 0.25) is 5.96 Å². The largest absolute Gasteiger partial charge is 0.382 e. The molecule has 6 nitrogen and oxygen atoms in total. The molecule has 0 unspecified atom stereocenters. The van der Waals surface area contributed by atoms with Crippen molar-refractivity contribution >= 4 is 29.9 Å². The van der Waals surface area contributed by atoms with E-state index in [1.807, 2.05) is 48.5 Å². The molecule has 0 amide bonds. The van der Waals surface area contributed by atoms with Gasteiger partial charge in [-0.1, -0.05) is 24.3 Å². The van der Waals surface area contributed by atoms with Crippen LogP contribution in [-0.2, 0) is 4.74 Å². The van der Waals surface area contributed by atoms with E-state index >= 15 is 0 Å². The number of guanidine groups is 1. The summed E-state index contributed by atoms with van der Waals surface area (Å²) in [5, 5.41) is 0. The predicted octanol–water partition coefficient (Wildman–Crippen LogP) is 2.23. The molecule has 7 heteroatoms. The Morgan fingerprint density at radius 2 is 1.75 bits per heavy atom. The van der Waals surface area contributed by atoms with Crippen molar-refractivity contribution in [2.24, 2.45) is 15.7 Å². The number of ether oxygens (including phenoxy) is 1. The Balaban J connectivity index is 0.00000208. The molecule has 1 aromatic carbocycles. The Bertz CT molecular complexity index is 685. The molecule has 1 fully saturated rings. The molecule has 126 valence electrons. The van der Waals surface area contributed by atoms with E-state index in [1.165, 1.54) is 0 Å². The number of halogens is 1. The van der Waals surface area contributed by atoms with Gasteiger partial charge in [-0.2, -0.15) is 4.99 Å². The Kier molecular flexibility index (Phi) is 6.72. The fourth-order valence-electron chi connectivity index (χ4n) is 2.23. The highest BCUT2D eigenvalue weighted by atomic mass is 35.5. The first-order valence-electron chi connectivity index (χ1n) is 7.55. The van der Waals surface area contributed by atoms with Crippen molar-refractivity contribution < 1.29 is 4.74 Å². The maximum Gasteiger partial charge on any atom is 0.228 e. The molecule has 1 saturated heterocycles. The van der Waals surface area contributed by atoms with Crippen LogP contribution in [0.15, 0.2) is 64.7 Å². The van der Waals surface area contributed by atoms with Crippen LogP contribution in [0.2, 0.25) is 0 Å². The van der Waals surface area contributed by atoms with Gasteiger partial charge in [-0.15, -0.1) is 12.4 Å². The Labute approximate surface area is 147 Å². The summed E-state index contributed by atoms with van der Waals surface area (Å²) in [6.45, 7) is 2.80. The summed E-state index contributed by atoms with van der Waals surface area (Å²) in [5.74, 6) is 0.939. The van der Waals surface area contributed by atoms with E-state index in [2.05, 4.69) is 19.9 Å². The van der Waals surface area contributed by atoms with Crippen molar-refractivity contribution in [1.29, 1.82) is 0 Å². The molecular weight excluding hydrogens is 326 g/mol. The van der Waals surface area contributed by atoms with Crippen molar-refractivity contribution in [3.63, 3.8) is 0 Å². The predicted molar refractivity (Wildman–Crippen MR) is 98.1 cm³/mol. The summed E-state index contributed by atoms with van der Waals surface area (Å²) in [5.41, 5.74) is 7.58. The zero-order valence-electron chi connectivity index (χ0n) is 13.2. The smallest absolute Gasteiger partial charge is 0.228 e. The minimum Gasteiger partial charge on any atom is -0.382 e. The molecule has 0 saturated carbocycles. The van der Waals surface area contributed by atoms with Gasteiger partial charge in [-0.05, 0) is 24.3 Å². The number of benzene rings is 1. The fraction of sp³-hybridized carbons (Fsp3) is 0.235. The average molecular weight is 346 g/mol. The van der Waals surface area contributed by atoms with Gasteiger partial charge in [-0.25, -0.2) is 4.99 Å². The van der Waals surface area contributed by atoms with Crippen molar-refractivity contribution in [3.8, 4) is 0 Å². The highest BCUT2D eigenvalue weighted by molar-refractivity contribution is 6.04. The molecule has 0 atom stereocenters. The van der Waals surface area contributed by atoms with Gasteiger partial charge in [-0.3, -0.25) is 4.98 Å². The third-order valence-electron chi connectivity index (χ3n) is 3.43. The maximum atomic E-state index is 6.10. The van der Waals surface area contributed by atoms with Crippen molar-refractivity contribution in [1.82, 2.24) is 9.88 Å². The summed E-state index contributed by atoms with van der Waals surface area (Å²) in [4.78, 5) is 15.5. The first kappa shape index (κ1) is 17.9. The van der Waals surface area contributed by atoms with E-state index in [9.17, 15) is 0 Å². The van der Waals surface area contributed by atoms with Crippen LogP contribution < -0.4 is 5.73 Å². The molecule has 0 spiro atoms. The summed E-state index contributed by atoms with van der Waals surface area (Å²) in [6, 6.07) is 15.3. The third kappa shape index (κ3) is 4.78. The standard InChI is InChI=1S/C17H19N5O.ClH/c18-16(15-8-4-5-9-19-15)21-17(22-10-12-23-13-11-22)20-14-6-2-1-3-7-14;/h1-9H,10-13H2,(H2,18,20,21);1H. The van der Waals surface area contributed by atoms with Crippen LogP contribution >= 0.6 is 12.4 Å². The third-order valence-corrected chi connectivity index (χ3v) is 3.43. The lowest BCUT2D eigenvalue weighted by Crippen LogP contribution is -2.40. The first-order valence-corrected chi connectivity index (χ1v) is 7.55. The lowest BCUT2D eigenvalue weighted by atomic mass is 10.3. The highest BCUT2D eigenvalue weighted by Crippen LogP contribution is 2.13. The topological polar surface area (TPSA) is 76.1 Å². The minimum absolute atomic E-state index is 0. The van der Waals surface area contributed by atoms with E-state index < -0.39 is 0 Å². The highest BCUT2D eigenvalue weighted by Gasteiger charge is 2.16. The van der Waals surface area contributed by atoms with E-state index in [0.717, 1.165) is 18.8 Å². The maximum absolute atomic E-state index is 6.10. The lowest BCUT2D eigenvalue weighted by Gasteiger charge is -2.27. The van der Waals surface area contributed by atoms with Crippen LogP contribution in [0.25, 0.3) is 0 Å². The Morgan fingerprint density at radius 3 is 2.42 bits per heavy atom. The second kappa shape index (κ2) is 9.00. The number of aliphatic imine (C=N–C) groups is 2. The molecule has 0 bridgehead atoms. The van der Waals surface area contributed by atoms with Gasteiger partial charge in [0.15, 0.2) is 5.84 Å². The molecule has 0 radical (unpaired) electrons. The molecule has 3 rings (SSSR count). The number of aromatic nitrogens is 1. The minimum atomic E-state index is 0.